The summed E-state index contributed by atoms with van der Waals surface area (Å²) in [5, 5.41) is 0.706. The topological polar surface area (TPSA) is 20.3 Å². The zero-order chi connectivity index (χ0) is 14.8. The summed E-state index contributed by atoms with van der Waals surface area (Å²) in [5.41, 5.74) is 3.51. The Bertz CT molecular complexity index is 681. The van der Waals surface area contributed by atoms with Crippen molar-refractivity contribution >= 4 is 17.5 Å². The molecule has 106 valence electrons. The van der Waals surface area contributed by atoms with Crippen molar-refractivity contribution in [2.75, 3.05) is 0 Å². The summed E-state index contributed by atoms with van der Waals surface area (Å²) in [6, 6.07) is 16.1. The van der Waals surface area contributed by atoms with Crippen LogP contribution in [0.5, 0.6) is 0 Å². The standard InChI is InChI=1S/C18H16ClNO/c1-2-18(21)20-12-15-10-16(19)9-8-14(15)11-17(20)13-6-4-3-5-7-13/h2-10,17H,1,11-12H2. The maximum Gasteiger partial charge on any atom is 0.246 e. The molecular formula is C18H16ClNO. The van der Waals surface area contributed by atoms with Gasteiger partial charge in [0.2, 0.25) is 5.91 Å². The fourth-order valence-corrected chi connectivity index (χ4v) is 3.07. The number of nitrogens with zero attached hydrogens (tertiary/aromatic N) is 1. The number of amides is 1. The average Bonchev–Trinajstić information content (AvgIpc) is 2.53. The highest BCUT2D eigenvalue weighted by molar-refractivity contribution is 6.30. The minimum absolute atomic E-state index is 0.0466. The summed E-state index contributed by atoms with van der Waals surface area (Å²) in [6.07, 6.45) is 2.18. The van der Waals surface area contributed by atoms with E-state index in [1.807, 2.05) is 35.2 Å². The van der Waals surface area contributed by atoms with Gasteiger partial charge in [-0.3, -0.25) is 4.79 Å². The Morgan fingerprint density at radius 3 is 2.67 bits per heavy atom. The van der Waals surface area contributed by atoms with Gasteiger partial charge in [0, 0.05) is 11.6 Å². The molecule has 0 aliphatic carbocycles. The van der Waals surface area contributed by atoms with E-state index in [1.54, 1.807) is 0 Å². The predicted octanol–water partition coefficient (Wildman–Crippen LogP) is 4.15. The van der Waals surface area contributed by atoms with Crippen LogP contribution in [0.2, 0.25) is 5.02 Å². The first-order valence-corrected chi connectivity index (χ1v) is 7.32. The number of carbonyl (C=O) groups excluding carboxylic acids is 1. The van der Waals surface area contributed by atoms with Crippen LogP contribution in [0.1, 0.15) is 22.7 Å². The zero-order valence-corrected chi connectivity index (χ0v) is 12.4. The van der Waals surface area contributed by atoms with Crippen molar-refractivity contribution < 1.29 is 4.79 Å². The fourth-order valence-electron chi connectivity index (χ4n) is 2.87. The Balaban J connectivity index is 2.03. The number of halogens is 1. The number of fused-ring (bicyclic) bond motifs is 1. The maximum atomic E-state index is 12.2. The summed E-state index contributed by atoms with van der Waals surface area (Å²) < 4.78 is 0. The van der Waals surface area contributed by atoms with E-state index in [2.05, 4.69) is 24.8 Å². The normalized spacial score (nSPS) is 17.2. The summed E-state index contributed by atoms with van der Waals surface area (Å²) >= 11 is 6.07. The molecule has 1 atom stereocenters. The number of hydrogen-bond acceptors (Lipinski definition) is 1. The molecule has 0 aromatic heterocycles. The average molecular weight is 298 g/mol. The van der Waals surface area contributed by atoms with Gasteiger partial charge in [-0.25, -0.2) is 0 Å². The fraction of sp³-hybridized carbons (Fsp3) is 0.167. The lowest BCUT2D eigenvalue weighted by atomic mass is 9.90. The Hall–Kier alpha value is -2.06. The first-order chi connectivity index (χ1) is 10.2. The van der Waals surface area contributed by atoms with Crippen LogP contribution in [0.3, 0.4) is 0 Å². The van der Waals surface area contributed by atoms with Crippen molar-refractivity contribution in [1.82, 2.24) is 4.90 Å². The lowest BCUT2D eigenvalue weighted by Gasteiger charge is -2.37. The molecule has 1 aliphatic heterocycles. The molecule has 0 fully saturated rings. The van der Waals surface area contributed by atoms with Crippen molar-refractivity contribution in [3.8, 4) is 0 Å². The van der Waals surface area contributed by atoms with Gasteiger partial charge in [-0.05, 0) is 41.3 Å². The first kappa shape index (κ1) is 13.9. The van der Waals surface area contributed by atoms with Gasteiger partial charge in [0.15, 0.2) is 0 Å². The molecule has 0 N–H and O–H groups in total. The highest BCUT2D eigenvalue weighted by Gasteiger charge is 2.29. The third-order valence-corrected chi connectivity index (χ3v) is 4.18. The molecular weight excluding hydrogens is 282 g/mol. The second-order valence-electron chi connectivity index (χ2n) is 5.21. The van der Waals surface area contributed by atoms with E-state index in [1.165, 1.54) is 11.6 Å². The molecule has 1 unspecified atom stereocenters. The summed E-state index contributed by atoms with van der Waals surface area (Å²) in [7, 11) is 0. The second-order valence-corrected chi connectivity index (χ2v) is 5.65. The zero-order valence-electron chi connectivity index (χ0n) is 11.6. The largest absolute Gasteiger partial charge is 0.327 e. The third kappa shape index (κ3) is 2.72. The smallest absolute Gasteiger partial charge is 0.246 e. The molecule has 0 radical (unpaired) electrons. The van der Waals surface area contributed by atoms with E-state index in [4.69, 9.17) is 11.6 Å². The molecule has 21 heavy (non-hydrogen) atoms. The SMILES string of the molecule is C=CC(=O)N1Cc2cc(Cl)ccc2CC1c1ccccc1. The van der Waals surface area contributed by atoms with Crippen LogP contribution < -0.4 is 0 Å². The Labute approximate surface area is 129 Å². The van der Waals surface area contributed by atoms with Crippen molar-refractivity contribution in [3.05, 3.63) is 82.9 Å². The monoisotopic (exact) mass is 297 g/mol. The van der Waals surface area contributed by atoms with Crippen molar-refractivity contribution in [2.24, 2.45) is 0 Å². The third-order valence-electron chi connectivity index (χ3n) is 3.94. The van der Waals surface area contributed by atoms with Crippen LogP contribution in [-0.2, 0) is 17.8 Å². The molecule has 0 bridgehead atoms. The van der Waals surface area contributed by atoms with Gasteiger partial charge in [0.25, 0.3) is 0 Å². The second kappa shape index (κ2) is 5.74. The number of hydrogen-bond donors (Lipinski definition) is 0. The minimum atomic E-state index is -0.0468. The van der Waals surface area contributed by atoms with Gasteiger partial charge in [0.1, 0.15) is 0 Å². The number of benzene rings is 2. The Morgan fingerprint density at radius 2 is 1.95 bits per heavy atom. The molecule has 1 heterocycles. The lowest BCUT2D eigenvalue weighted by molar-refractivity contribution is -0.129. The van der Waals surface area contributed by atoms with E-state index in [-0.39, 0.29) is 11.9 Å². The highest BCUT2D eigenvalue weighted by atomic mass is 35.5. The summed E-state index contributed by atoms with van der Waals surface area (Å²) in [6.45, 7) is 4.19. The molecule has 2 nitrogen and oxygen atoms in total. The van der Waals surface area contributed by atoms with Crippen LogP contribution in [0, 0.1) is 0 Å². The summed E-state index contributed by atoms with van der Waals surface area (Å²) in [5.74, 6) is -0.0468. The van der Waals surface area contributed by atoms with Gasteiger partial charge in [0.05, 0.1) is 6.04 Å². The number of carbonyl (C=O) groups is 1. The quantitative estimate of drug-likeness (QED) is 0.763. The molecule has 1 amide bonds. The molecule has 2 aromatic carbocycles. The van der Waals surface area contributed by atoms with Crippen molar-refractivity contribution in [3.63, 3.8) is 0 Å². The Morgan fingerprint density at radius 1 is 1.19 bits per heavy atom. The molecule has 0 spiro atoms. The minimum Gasteiger partial charge on any atom is -0.327 e. The first-order valence-electron chi connectivity index (χ1n) is 6.94. The van der Waals surface area contributed by atoms with Crippen LogP contribution in [0.25, 0.3) is 0 Å². The van der Waals surface area contributed by atoms with Crippen LogP contribution in [-0.4, -0.2) is 10.8 Å². The van der Waals surface area contributed by atoms with Crippen LogP contribution in [0.4, 0.5) is 0 Å². The van der Waals surface area contributed by atoms with Crippen molar-refractivity contribution in [1.29, 1.82) is 0 Å². The van der Waals surface area contributed by atoms with Gasteiger partial charge in [-0.15, -0.1) is 0 Å². The van der Waals surface area contributed by atoms with Crippen molar-refractivity contribution in [2.45, 2.75) is 19.0 Å². The van der Waals surface area contributed by atoms with Gasteiger partial charge >= 0.3 is 0 Å². The van der Waals surface area contributed by atoms with E-state index in [9.17, 15) is 4.79 Å². The number of rotatable bonds is 2. The molecule has 3 heteroatoms. The van der Waals surface area contributed by atoms with Gasteiger partial charge in [-0.2, -0.15) is 0 Å². The van der Waals surface area contributed by atoms with Crippen LogP contribution >= 0.6 is 11.6 Å². The van der Waals surface area contributed by atoms with E-state index < -0.39 is 0 Å². The van der Waals surface area contributed by atoms with Crippen LogP contribution in [0.15, 0.2) is 61.2 Å². The summed E-state index contributed by atoms with van der Waals surface area (Å²) in [4.78, 5) is 14.1. The molecule has 0 saturated carbocycles. The Kier molecular flexibility index (Phi) is 3.80. The van der Waals surface area contributed by atoms with Gasteiger partial charge in [-0.1, -0.05) is 54.6 Å². The van der Waals surface area contributed by atoms with Gasteiger partial charge < -0.3 is 4.90 Å². The molecule has 3 rings (SSSR count). The molecule has 2 aromatic rings. The highest BCUT2D eigenvalue weighted by Crippen LogP contribution is 2.34. The van der Waals surface area contributed by atoms with E-state index in [0.29, 0.717) is 11.6 Å². The molecule has 1 aliphatic rings. The van der Waals surface area contributed by atoms with E-state index in [0.717, 1.165) is 17.5 Å². The predicted molar refractivity (Wildman–Crippen MR) is 85.1 cm³/mol. The van der Waals surface area contributed by atoms with E-state index >= 15 is 0 Å². The molecule has 0 saturated heterocycles. The lowest BCUT2D eigenvalue weighted by Crippen LogP contribution is -2.37. The maximum absolute atomic E-state index is 12.2.